The molecule has 1 N–H and O–H groups in total. The molecular formula is C20H15ClF2N2O4. The molecule has 0 aliphatic carbocycles. The van der Waals surface area contributed by atoms with E-state index in [0.717, 1.165) is 0 Å². The second-order valence-electron chi connectivity index (χ2n) is 6.39. The maximum absolute atomic E-state index is 13.2. The number of aryl methyl sites for hydroxylation is 2. The highest BCUT2D eigenvalue weighted by Gasteiger charge is 2.43. The predicted molar refractivity (Wildman–Crippen MR) is 102 cm³/mol. The zero-order valence-electron chi connectivity index (χ0n) is 15.4. The molecule has 0 spiro atoms. The van der Waals surface area contributed by atoms with Gasteiger partial charge in [-0.05, 0) is 37.1 Å². The van der Waals surface area contributed by atoms with Crippen LogP contribution >= 0.6 is 11.6 Å². The minimum Gasteiger partial charge on any atom is -0.395 e. The molecule has 6 nitrogen and oxygen atoms in total. The molecule has 29 heavy (non-hydrogen) atoms. The average molecular weight is 421 g/mol. The molecule has 1 amide bonds. The van der Waals surface area contributed by atoms with Gasteiger partial charge in [0.1, 0.15) is 11.3 Å². The molecule has 2 heterocycles. The van der Waals surface area contributed by atoms with Gasteiger partial charge in [-0.2, -0.15) is 0 Å². The Labute approximate surface area is 169 Å². The van der Waals surface area contributed by atoms with Gasteiger partial charge in [-0.25, -0.2) is 0 Å². The second kappa shape index (κ2) is 7.04. The van der Waals surface area contributed by atoms with E-state index in [1.54, 1.807) is 31.2 Å². The number of hydrogen-bond donors (Lipinski definition) is 1. The first-order chi connectivity index (χ1) is 13.8. The van der Waals surface area contributed by atoms with Gasteiger partial charge >= 0.3 is 6.29 Å². The van der Waals surface area contributed by atoms with Crippen LogP contribution in [0.5, 0.6) is 11.5 Å². The van der Waals surface area contributed by atoms with E-state index in [0.29, 0.717) is 40.3 Å². The van der Waals surface area contributed by atoms with Gasteiger partial charge < -0.3 is 19.3 Å². The number of fused-ring (bicyclic) bond motifs is 1. The second-order valence-corrected chi connectivity index (χ2v) is 6.80. The third-order valence-corrected chi connectivity index (χ3v) is 4.75. The lowest BCUT2D eigenvalue weighted by Gasteiger charge is -2.09. The largest absolute Gasteiger partial charge is 0.586 e. The molecule has 0 bridgehead atoms. The highest BCUT2D eigenvalue weighted by molar-refractivity contribution is 6.33. The standard InChI is InChI=1S/C20H15ClF2N2O4/c1-3-15-18(10(2)29-25-15)19(26)24-12-6-4-11(5-7-12)13-8-16-17(9-14(13)21)28-20(22,23)27-16/h4-9H,3H2,1-2H3,(H,24,26). The Morgan fingerprint density at radius 2 is 1.83 bits per heavy atom. The van der Waals surface area contributed by atoms with Crippen molar-refractivity contribution in [3.8, 4) is 22.6 Å². The van der Waals surface area contributed by atoms with Crippen LogP contribution in [0.15, 0.2) is 40.9 Å². The summed E-state index contributed by atoms with van der Waals surface area (Å²) in [6, 6.07) is 9.44. The lowest BCUT2D eigenvalue weighted by atomic mass is 10.0. The highest BCUT2D eigenvalue weighted by atomic mass is 35.5. The molecule has 0 unspecified atom stereocenters. The maximum atomic E-state index is 13.2. The Bertz CT molecular complexity index is 1100. The minimum absolute atomic E-state index is 0.0955. The SMILES string of the molecule is CCc1noc(C)c1C(=O)Nc1ccc(-c2cc3c(cc2Cl)OC(F)(F)O3)cc1. The molecule has 0 atom stereocenters. The maximum Gasteiger partial charge on any atom is 0.586 e. The van der Waals surface area contributed by atoms with Crippen LogP contribution in [0.1, 0.15) is 28.7 Å². The number of halogens is 3. The van der Waals surface area contributed by atoms with Gasteiger partial charge in [-0.1, -0.05) is 35.8 Å². The fourth-order valence-corrected chi connectivity index (χ4v) is 3.33. The van der Waals surface area contributed by atoms with Crippen molar-refractivity contribution in [2.45, 2.75) is 26.6 Å². The first-order valence-electron chi connectivity index (χ1n) is 8.73. The van der Waals surface area contributed by atoms with E-state index in [1.165, 1.54) is 12.1 Å². The monoisotopic (exact) mass is 420 g/mol. The summed E-state index contributed by atoms with van der Waals surface area (Å²) in [5, 5.41) is 6.89. The Morgan fingerprint density at radius 3 is 2.48 bits per heavy atom. The summed E-state index contributed by atoms with van der Waals surface area (Å²) in [6.07, 6.45) is -3.14. The average Bonchev–Trinajstić information content (AvgIpc) is 3.19. The van der Waals surface area contributed by atoms with Crippen LogP contribution in [-0.2, 0) is 6.42 Å². The number of ether oxygens (including phenoxy) is 2. The number of anilines is 1. The zero-order valence-corrected chi connectivity index (χ0v) is 16.1. The molecule has 2 aromatic carbocycles. The van der Waals surface area contributed by atoms with Crippen LogP contribution < -0.4 is 14.8 Å². The summed E-state index contributed by atoms with van der Waals surface area (Å²) >= 11 is 6.21. The molecule has 0 radical (unpaired) electrons. The van der Waals surface area contributed by atoms with E-state index in [-0.39, 0.29) is 22.4 Å². The minimum atomic E-state index is -3.71. The number of nitrogens with zero attached hydrogens (tertiary/aromatic N) is 1. The molecule has 0 fully saturated rings. The van der Waals surface area contributed by atoms with Crippen molar-refractivity contribution in [2.75, 3.05) is 5.32 Å². The van der Waals surface area contributed by atoms with Crippen molar-refractivity contribution >= 4 is 23.2 Å². The molecule has 4 rings (SSSR count). The van der Waals surface area contributed by atoms with E-state index in [2.05, 4.69) is 19.9 Å². The van der Waals surface area contributed by atoms with Gasteiger partial charge in [0, 0.05) is 17.3 Å². The number of nitrogens with one attached hydrogen (secondary N) is 1. The summed E-state index contributed by atoms with van der Waals surface area (Å²) in [4.78, 5) is 12.5. The first kappa shape index (κ1) is 19.2. The van der Waals surface area contributed by atoms with Crippen LogP contribution in [0.4, 0.5) is 14.5 Å². The highest BCUT2D eigenvalue weighted by Crippen LogP contribution is 2.46. The molecule has 9 heteroatoms. The van der Waals surface area contributed by atoms with Crippen molar-refractivity contribution in [3.63, 3.8) is 0 Å². The van der Waals surface area contributed by atoms with Gasteiger partial charge in [0.15, 0.2) is 11.5 Å². The molecular weight excluding hydrogens is 406 g/mol. The Balaban J connectivity index is 1.56. The summed E-state index contributed by atoms with van der Waals surface area (Å²) in [5.74, 6) is -0.0955. The number of aromatic nitrogens is 1. The fraction of sp³-hybridized carbons (Fsp3) is 0.200. The summed E-state index contributed by atoms with van der Waals surface area (Å²) in [7, 11) is 0. The van der Waals surface area contributed by atoms with Gasteiger partial charge in [0.05, 0.1) is 10.7 Å². The van der Waals surface area contributed by atoms with Gasteiger partial charge in [0.25, 0.3) is 5.91 Å². The van der Waals surface area contributed by atoms with Crippen LogP contribution in [0.3, 0.4) is 0 Å². The number of carbonyl (C=O) groups is 1. The summed E-state index contributed by atoms with van der Waals surface area (Å²) < 4.78 is 40.4. The molecule has 1 aliphatic rings. The molecule has 0 saturated heterocycles. The van der Waals surface area contributed by atoms with Crippen molar-refractivity contribution in [2.24, 2.45) is 0 Å². The van der Waals surface area contributed by atoms with Crippen LogP contribution in [0.2, 0.25) is 5.02 Å². The smallest absolute Gasteiger partial charge is 0.395 e. The topological polar surface area (TPSA) is 73.6 Å². The fourth-order valence-electron chi connectivity index (χ4n) is 3.07. The van der Waals surface area contributed by atoms with Gasteiger partial charge in [0.2, 0.25) is 0 Å². The Hall–Kier alpha value is -3.13. The lowest BCUT2D eigenvalue weighted by molar-refractivity contribution is -0.286. The number of amides is 1. The number of alkyl halides is 2. The van der Waals surface area contributed by atoms with Crippen LogP contribution in [0.25, 0.3) is 11.1 Å². The van der Waals surface area contributed by atoms with Crippen molar-refractivity contribution in [3.05, 3.63) is 58.4 Å². The number of hydrogen-bond acceptors (Lipinski definition) is 5. The van der Waals surface area contributed by atoms with Crippen molar-refractivity contribution < 1.29 is 27.6 Å². The molecule has 1 aliphatic heterocycles. The van der Waals surface area contributed by atoms with Gasteiger partial charge in [-0.3, -0.25) is 4.79 Å². The van der Waals surface area contributed by atoms with Crippen molar-refractivity contribution in [1.82, 2.24) is 5.16 Å². The zero-order chi connectivity index (χ0) is 20.8. The summed E-state index contributed by atoms with van der Waals surface area (Å²) in [5.41, 5.74) is 2.69. The van der Waals surface area contributed by atoms with Crippen molar-refractivity contribution in [1.29, 1.82) is 0 Å². The number of benzene rings is 2. The Morgan fingerprint density at radius 1 is 1.17 bits per heavy atom. The lowest BCUT2D eigenvalue weighted by Crippen LogP contribution is -2.25. The molecule has 0 saturated carbocycles. The molecule has 150 valence electrons. The quantitative estimate of drug-likeness (QED) is 0.608. The van der Waals surface area contributed by atoms with Gasteiger partial charge in [-0.15, -0.1) is 8.78 Å². The molecule has 1 aromatic heterocycles. The first-order valence-corrected chi connectivity index (χ1v) is 9.11. The van der Waals surface area contributed by atoms with E-state index in [4.69, 9.17) is 16.1 Å². The molecule has 3 aromatic rings. The third-order valence-electron chi connectivity index (χ3n) is 4.44. The van der Waals surface area contributed by atoms with E-state index in [9.17, 15) is 13.6 Å². The van der Waals surface area contributed by atoms with E-state index >= 15 is 0 Å². The van der Waals surface area contributed by atoms with Crippen LogP contribution in [0, 0.1) is 6.92 Å². The Kier molecular flexibility index (Phi) is 4.66. The number of carbonyl (C=O) groups excluding carboxylic acids is 1. The summed E-state index contributed by atoms with van der Waals surface area (Å²) in [6.45, 7) is 3.56. The van der Waals surface area contributed by atoms with E-state index in [1.807, 2.05) is 6.92 Å². The predicted octanol–water partition coefficient (Wildman–Crippen LogP) is 5.44. The number of rotatable bonds is 4. The third kappa shape index (κ3) is 3.63. The van der Waals surface area contributed by atoms with E-state index < -0.39 is 6.29 Å². The van der Waals surface area contributed by atoms with Crippen LogP contribution in [-0.4, -0.2) is 17.4 Å². The normalized spacial score (nSPS) is 14.1.